The lowest BCUT2D eigenvalue weighted by atomic mass is 10.3. The van der Waals surface area contributed by atoms with Gasteiger partial charge in [0.25, 0.3) is 0 Å². The lowest BCUT2D eigenvalue weighted by Gasteiger charge is -2.21. The quantitative estimate of drug-likeness (QED) is 0.826. The molecule has 0 atom stereocenters. The first-order valence-corrected chi connectivity index (χ1v) is 7.29. The Morgan fingerprint density at radius 1 is 1.18 bits per heavy atom. The molecular formula is C13H22F3N3O3. The Morgan fingerprint density at radius 3 is 2.55 bits per heavy atom. The molecule has 6 nitrogen and oxygen atoms in total. The molecule has 2 amide bonds. The van der Waals surface area contributed by atoms with E-state index in [0.717, 1.165) is 26.1 Å². The Kier molecular flexibility index (Phi) is 7.43. The van der Waals surface area contributed by atoms with Crippen LogP contribution in [0, 0.1) is 0 Å². The van der Waals surface area contributed by atoms with Gasteiger partial charge in [0, 0.05) is 32.6 Å². The van der Waals surface area contributed by atoms with Gasteiger partial charge in [-0.2, -0.15) is 13.2 Å². The summed E-state index contributed by atoms with van der Waals surface area (Å²) in [6, 6.07) is 0. The zero-order valence-corrected chi connectivity index (χ0v) is 12.6. The maximum Gasteiger partial charge on any atom is 0.422 e. The van der Waals surface area contributed by atoms with E-state index in [2.05, 4.69) is 21.9 Å². The van der Waals surface area contributed by atoms with Crippen molar-refractivity contribution in [3.8, 4) is 0 Å². The van der Waals surface area contributed by atoms with Crippen LogP contribution in [0.4, 0.5) is 18.0 Å². The van der Waals surface area contributed by atoms with Crippen LogP contribution in [-0.2, 0) is 9.53 Å². The largest absolute Gasteiger partial charge is 0.440 e. The molecule has 0 aromatic heterocycles. The van der Waals surface area contributed by atoms with E-state index in [-0.39, 0.29) is 18.9 Å². The minimum atomic E-state index is -4.55. The van der Waals surface area contributed by atoms with Gasteiger partial charge in [-0.1, -0.05) is 6.92 Å². The maximum atomic E-state index is 12.0. The van der Waals surface area contributed by atoms with Crippen molar-refractivity contribution >= 4 is 12.0 Å². The van der Waals surface area contributed by atoms with Crippen LogP contribution in [0.15, 0.2) is 0 Å². The highest BCUT2D eigenvalue weighted by atomic mass is 19.4. The maximum absolute atomic E-state index is 12.0. The molecule has 1 aliphatic heterocycles. The minimum Gasteiger partial charge on any atom is -0.440 e. The number of carbonyl (C=O) groups is 2. The second-order valence-electron chi connectivity index (χ2n) is 5.04. The van der Waals surface area contributed by atoms with Crippen molar-refractivity contribution in [2.24, 2.45) is 0 Å². The van der Waals surface area contributed by atoms with Gasteiger partial charge in [0.1, 0.15) is 0 Å². The number of hydrogen-bond acceptors (Lipinski definition) is 4. The summed E-state index contributed by atoms with van der Waals surface area (Å²) in [5.74, 6) is -0.117. The third kappa shape index (κ3) is 7.48. The molecule has 0 bridgehead atoms. The van der Waals surface area contributed by atoms with E-state index in [1.807, 2.05) is 0 Å². The monoisotopic (exact) mass is 325 g/mol. The fraction of sp³-hybridized carbons (Fsp3) is 0.846. The summed E-state index contributed by atoms with van der Waals surface area (Å²) in [5.41, 5.74) is 0. The number of nitrogens with zero attached hydrogens (tertiary/aromatic N) is 2. The molecule has 1 saturated heterocycles. The van der Waals surface area contributed by atoms with Gasteiger partial charge in [-0.05, 0) is 19.5 Å². The molecule has 1 rings (SSSR count). The number of amides is 2. The van der Waals surface area contributed by atoms with Crippen molar-refractivity contribution < 1.29 is 27.5 Å². The molecule has 1 heterocycles. The van der Waals surface area contributed by atoms with Gasteiger partial charge in [-0.3, -0.25) is 4.79 Å². The Balaban J connectivity index is 2.21. The first-order valence-electron chi connectivity index (χ1n) is 7.29. The predicted molar refractivity (Wildman–Crippen MR) is 73.3 cm³/mol. The molecule has 1 aliphatic rings. The van der Waals surface area contributed by atoms with Gasteiger partial charge in [-0.25, -0.2) is 4.79 Å². The molecule has 128 valence electrons. The van der Waals surface area contributed by atoms with E-state index >= 15 is 0 Å². The van der Waals surface area contributed by atoms with Crippen LogP contribution in [0.5, 0.6) is 0 Å². The predicted octanol–water partition coefficient (Wildman–Crippen LogP) is 1.22. The van der Waals surface area contributed by atoms with Crippen molar-refractivity contribution in [3.05, 3.63) is 0 Å². The van der Waals surface area contributed by atoms with Gasteiger partial charge in [0.05, 0.1) is 0 Å². The minimum absolute atomic E-state index is 0.0382. The number of nitrogens with one attached hydrogen (secondary N) is 1. The van der Waals surface area contributed by atoms with Gasteiger partial charge < -0.3 is 19.9 Å². The topological polar surface area (TPSA) is 61.9 Å². The first-order chi connectivity index (χ1) is 10.3. The Bertz CT molecular complexity index is 377. The lowest BCUT2D eigenvalue weighted by Crippen LogP contribution is -2.37. The molecule has 0 unspecified atom stereocenters. The van der Waals surface area contributed by atoms with Crippen molar-refractivity contribution in [2.45, 2.75) is 25.9 Å². The summed E-state index contributed by atoms with van der Waals surface area (Å²) in [7, 11) is 0. The number of likely N-dealkylation sites (N-methyl/N-ethyl adjacent to an activating group) is 1. The molecule has 0 saturated carbocycles. The van der Waals surface area contributed by atoms with Crippen LogP contribution in [0.3, 0.4) is 0 Å². The molecule has 1 N–H and O–H groups in total. The normalized spacial score (nSPS) is 17.0. The number of ether oxygens (including phenoxy) is 1. The molecule has 1 fully saturated rings. The molecule has 0 aliphatic carbocycles. The lowest BCUT2D eigenvalue weighted by molar-refractivity contribution is -0.160. The molecule has 0 radical (unpaired) electrons. The third-order valence-corrected chi connectivity index (χ3v) is 3.36. The summed E-state index contributed by atoms with van der Waals surface area (Å²) >= 11 is 0. The van der Waals surface area contributed by atoms with E-state index in [9.17, 15) is 22.8 Å². The van der Waals surface area contributed by atoms with Gasteiger partial charge in [0.2, 0.25) is 5.91 Å². The fourth-order valence-electron chi connectivity index (χ4n) is 2.16. The Hall–Kier alpha value is -1.51. The molecule has 0 aromatic rings. The Morgan fingerprint density at radius 2 is 1.91 bits per heavy atom. The average molecular weight is 325 g/mol. The highest BCUT2D eigenvalue weighted by Gasteiger charge is 2.29. The zero-order chi connectivity index (χ0) is 16.6. The number of halogens is 3. The van der Waals surface area contributed by atoms with E-state index in [4.69, 9.17) is 0 Å². The number of alkyl carbamates (subject to hydrolysis) is 1. The van der Waals surface area contributed by atoms with Crippen LogP contribution in [0.2, 0.25) is 0 Å². The summed E-state index contributed by atoms with van der Waals surface area (Å²) in [6.07, 6.45) is -4.78. The molecule has 9 heteroatoms. The summed E-state index contributed by atoms with van der Waals surface area (Å²) < 4.78 is 39.5. The number of alkyl halides is 3. The van der Waals surface area contributed by atoms with Gasteiger partial charge in [-0.15, -0.1) is 0 Å². The second-order valence-corrected chi connectivity index (χ2v) is 5.04. The molecule has 0 spiro atoms. The van der Waals surface area contributed by atoms with E-state index in [1.54, 1.807) is 4.90 Å². The van der Waals surface area contributed by atoms with Crippen LogP contribution in [0.25, 0.3) is 0 Å². The summed E-state index contributed by atoms with van der Waals surface area (Å²) in [4.78, 5) is 27.0. The van der Waals surface area contributed by atoms with Crippen LogP contribution in [0.1, 0.15) is 19.8 Å². The highest BCUT2D eigenvalue weighted by molar-refractivity contribution is 5.77. The van der Waals surface area contributed by atoms with E-state index < -0.39 is 18.9 Å². The first kappa shape index (κ1) is 18.5. The van der Waals surface area contributed by atoms with Gasteiger partial charge >= 0.3 is 12.3 Å². The van der Waals surface area contributed by atoms with Crippen LogP contribution < -0.4 is 5.32 Å². The van der Waals surface area contributed by atoms with Crippen molar-refractivity contribution in [3.63, 3.8) is 0 Å². The summed E-state index contributed by atoms with van der Waals surface area (Å²) in [6.45, 7) is 4.38. The second kappa shape index (κ2) is 8.82. The van der Waals surface area contributed by atoms with Crippen LogP contribution >= 0.6 is 0 Å². The third-order valence-electron chi connectivity index (χ3n) is 3.36. The number of rotatable bonds is 5. The zero-order valence-electron chi connectivity index (χ0n) is 12.6. The van der Waals surface area contributed by atoms with E-state index in [1.165, 1.54) is 0 Å². The SMILES string of the molecule is CCN1CCCN(C(=O)CCNC(=O)OCC(F)(F)F)CC1. The average Bonchev–Trinajstić information content (AvgIpc) is 2.69. The standard InChI is InChI=1S/C13H22F3N3O3/c1-2-18-6-3-7-19(9-8-18)11(20)4-5-17-12(21)22-10-13(14,15)16/h2-10H2,1H3,(H,17,21). The van der Waals surface area contributed by atoms with Crippen molar-refractivity contribution in [1.82, 2.24) is 15.1 Å². The van der Waals surface area contributed by atoms with Crippen LogP contribution in [-0.4, -0.2) is 73.9 Å². The van der Waals surface area contributed by atoms with Gasteiger partial charge in [0.15, 0.2) is 6.61 Å². The smallest absolute Gasteiger partial charge is 0.422 e. The molecule has 0 aromatic carbocycles. The molecule has 22 heavy (non-hydrogen) atoms. The van der Waals surface area contributed by atoms with Crippen molar-refractivity contribution in [2.75, 3.05) is 45.9 Å². The number of hydrogen-bond donors (Lipinski definition) is 1. The molecular weight excluding hydrogens is 303 g/mol. The fourth-order valence-corrected chi connectivity index (χ4v) is 2.16. The number of carbonyl (C=O) groups excluding carboxylic acids is 2. The Labute approximate surface area is 127 Å². The summed E-state index contributed by atoms with van der Waals surface area (Å²) in [5, 5.41) is 2.14. The van der Waals surface area contributed by atoms with E-state index in [0.29, 0.717) is 13.1 Å². The van der Waals surface area contributed by atoms with Crippen molar-refractivity contribution in [1.29, 1.82) is 0 Å². The highest BCUT2D eigenvalue weighted by Crippen LogP contribution is 2.14.